The van der Waals surface area contributed by atoms with Gasteiger partial charge in [0, 0.05) is 25.7 Å². The zero-order valence-electron chi connectivity index (χ0n) is 15.7. The van der Waals surface area contributed by atoms with E-state index >= 15 is 0 Å². The fourth-order valence-corrected chi connectivity index (χ4v) is 2.53. The van der Waals surface area contributed by atoms with E-state index in [9.17, 15) is 18.0 Å². The van der Waals surface area contributed by atoms with E-state index in [2.05, 4.69) is 10.6 Å². The third-order valence-corrected chi connectivity index (χ3v) is 3.77. The summed E-state index contributed by atoms with van der Waals surface area (Å²) in [4.78, 5) is 11.7. The Morgan fingerprint density at radius 2 is 1.71 bits per heavy atom. The van der Waals surface area contributed by atoms with Gasteiger partial charge in [-0.3, -0.25) is 4.79 Å². The molecule has 0 aliphatic heterocycles. The Kier molecular flexibility index (Phi) is 7.69. The first-order valence-corrected chi connectivity index (χ1v) is 8.79. The number of benzene rings is 2. The van der Waals surface area contributed by atoms with E-state index in [0.717, 1.165) is 11.1 Å². The topological polar surface area (TPSA) is 59.6 Å². The van der Waals surface area contributed by atoms with Crippen LogP contribution in [0.15, 0.2) is 42.5 Å². The molecule has 0 atom stereocenters. The molecular formula is C20H23F3N2O3. The van der Waals surface area contributed by atoms with Crippen LogP contribution in [0.5, 0.6) is 11.5 Å². The zero-order chi connectivity index (χ0) is 20.6. The minimum atomic E-state index is -4.41. The molecule has 2 aromatic carbocycles. The van der Waals surface area contributed by atoms with Gasteiger partial charge in [-0.25, -0.2) is 0 Å². The van der Waals surface area contributed by atoms with Crippen LogP contribution in [0.25, 0.3) is 0 Å². The molecule has 0 radical (unpaired) electrons. The summed E-state index contributed by atoms with van der Waals surface area (Å²) in [5, 5.41) is 5.82. The predicted molar refractivity (Wildman–Crippen MR) is 99.5 cm³/mol. The molecule has 1 amide bonds. The molecule has 2 rings (SSSR count). The molecule has 0 aliphatic carbocycles. The molecule has 0 bridgehead atoms. The Hall–Kier alpha value is -2.74. The van der Waals surface area contributed by atoms with Crippen LogP contribution in [-0.4, -0.2) is 32.3 Å². The summed E-state index contributed by atoms with van der Waals surface area (Å²) >= 11 is 0. The summed E-state index contributed by atoms with van der Waals surface area (Å²) in [6.07, 6.45) is -4.41. The van der Waals surface area contributed by atoms with Crippen LogP contribution in [0, 0.1) is 0 Å². The van der Waals surface area contributed by atoms with Gasteiger partial charge >= 0.3 is 6.18 Å². The monoisotopic (exact) mass is 396 g/mol. The van der Waals surface area contributed by atoms with E-state index in [1.807, 2.05) is 12.1 Å². The highest BCUT2D eigenvalue weighted by Gasteiger charge is 2.29. The molecule has 152 valence electrons. The number of hydrogen-bond acceptors (Lipinski definition) is 4. The van der Waals surface area contributed by atoms with E-state index in [-0.39, 0.29) is 17.4 Å². The van der Waals surface area contributed by atoms with Crippen molar-refractivity contribution in [3.63, 3.8) is 0 Å². The van der Waals surface area contributed by atoms with Gasteiger partial charge in [-0.1, -0.05) is 18.2 Å². The van der Waals surface area contributed by atoms with Crippen molar-refractivity contribution in [2.75, 3.05) is 20.3 Å². The SMILES string of the molecule is CCOc1cc(CNCc2cccc(C(=O)NC)c2)ccc1OCC(F)(F)F. The van der Waals surface area contributed by atoms with Crippen LogP contribution in [0.3, 0.4) is 0 Å². The van der Waals surface area contributed by atoms with Gasteiger partial charge < -0.3 is 20.1 Å². The number of halogens is 3. The lowest BCUT2D eigenvalue weighted by Crippen LogP contribution is -2.19. The number of rotatable bonds is 9. The van der Waals surface area contributed by atoms with Gasteiger partial charge in [-0.2, -0.15) is 13.2 Å². The van der Waals surface area contributed by atoms with Crippen molar-refractivity contribution in [1.29, 1.82) is 0 Å². The van der Waals surface area contributed by atoms with Crippen LogP contribution < -0.4 is 20.1 Å². The molecule has 2 aromatic rings. The van der Waals surface area contributed by atoms with Crippen molar-refractivity contribution < 1.29 is 27.4 Å². The number of hydrogen-bond donors (Lipinski definition) is 2. The van der Waals surface area contributed by atoms with E-state index in [1.165, 1.54) is 6.07 Å². The maximum atomic E-state index is 12.4. The number of carbonyl (C=O) groups is 1. The predicted octanol–water partition coefficient (Wildman–Crippen LogP) is 3.68. The highest BCUT2D eigenvalue weighted by atomic mass is 19.4. The van der Waals surface area contributed by atoms with Crippen molar-refractivity contribution in [1.82, 2.24) is 10.6 Å². The molecule has 5 nitrogen and oxygen atoms in total. The lowest BCUT2D eigenvalue weighted by molar-refractivity contribution is -0.153. The zero-order valence-corrected chi connectivity index (χ0v) is 15.7. The van der Waals surface area contributed by atoms with E-state index in [4.69, 9.17) is 9.47 Å². The van der Waals surface area contributed by atoms with Crippen molar-refractivity contribution in [3.8, 4) is 11.5 Å². The second-order valence-corrected chi connectivity index (χ2v) is 6.00. The minimum Gasteiger partial charge on any atom is -0.490 e. The number of carbonyl (C=O) groups excluding carboxylic acids is 1. The molecule has 0 spiro atoms. The largest absolute Gasteiger partial charge is 0.490 e. The molecule has 0 aliphatic rings. The summed E-state index contributed by atoms with van der Waals surface area (Å²) < 4.78 is 47.3. The summed E-state index contributed by atoms with van der Waals surface area (Å²) in [5.74, 6) is 0.173. The van der Waals surface area contributed by atoms with E-state index in [0.29, 0.717) is 25.3 Å². The number of alkyl halides is 3. The van der Waals surface area contributed by atoms with Gasteiger partial charge in [-0.15, -0.1) is 0 Å². The van der Waals surface area contributed by atoms with Crippen LogP contribution >= 0.6 is 0 Å². The van der Waals surface area contributed by atoms with Gasteiger partial charge in [0.1, 0.15) is 0 Å². The van der Waals surface area contributed by atoms with E-state index in [1.54, 1.807) is 38.2 Å². The van der Waals surface area contributed by atoms with Gasteiger partial charge in [0.15, 0.2) is 18.1 Å². The summed E-state index contributed by atoms with van der Waals surface area (Å²) in [7, 11) is 1.57. The Morgan fingerprint density at radius 3 is 2.36 bits per heavy atom. The highest BCUT2D eigenvalue weighted by Crippen LogP contribution is 2.30. The number of nitrogens with one attached hydrogen (secondary N) is 2. The van der Waals surface area contributed by atoms with Crippen LogP contribution in [0.2, 0.25) is 0 Å². The van der Waals surface area contributed by atoms with E-state index < -0.39 is 12.8 Å². The Balaban J connectivity index is 1.98. The standard InChI is InChI=1S/C20H23F3N2O3/c1-3-27-18-10-15(7-8-17(18)28-13-20(21,22)23)12-25-11-14-5-4-6-16(9-14)19(26)24-2/h4-10,25H,3,11-13H2,1-2H3,(H,24,26). The molecule has 0 aromatic heterocycles. The molecule has 0 saturated carbocycles. The Labute approximate surface area is 161 Å². The fourth-order valence-electron chi connectivity index (χ4n) is 2.53. The lowest BCUT2D eigenvalue weighted by atomic mass is 10.1. The smallest absolute Gasteiger partial charge is 0.422 e. The molecule has 0 unspecified atom stereocenters. The third kappa shape index (κ3) is 6.77. The molecule has 8 heteroatoms. The fraction of sp³-hybridized carbons (Fsp3) is 0.350. The third-order valence-electron chi connectivity index (χ3n) is 3.77. The van der Waals surface area contributed by atoms with Crippen LogP contribution in [0.1, 0.15) is 28.4 Å². The first kappa shape index (κ1) is 21.6. The summed E-state index contributed by atoms with van der Waals surface area (Å²) in [5.41, 5.74) is 2.35. The van der Waals surface area contributed by atoms with Gasteiger partial charge in [0.25, 0.3) is 5.91 Å². The molecule has 0 saturated heterocycles. The summed E-state index contributed by atoms with van der Waals surface area (Å²) in [6.45, 7) is 1.70. The lowest BCUT2D eigenvalue weighted by Gasteiger charge is -2.15. The minimum absolute atomic E-state index is 0.0567. The van der Waals surface area contributed by atoms with Gasteiger partial charge in [0.2, 0.25) is 0 Å². The molecule has 0 fully saturated rings. The molecule has 28 heavy (non-hydrogen) atoms. The first-order valence-electron chi connectivity index (χ1n) is 8.79. The van der Waals surface area contributed by atoms with Crippen LogP contribution in [0.4, 0.5) is 13.2 Å². The van der Waals surface area contributed by atoms with Gasteiger partial charge in [-0.05, 0) is 42.3 Å². The van der Waals surface area contributed by atoms with Crippen molar-refractivity contribution in [2.45, 2.75) is 26.2 Å². The average molecular weight is 396 g/mol. The second-order valence-electron chi connectivity index (χ2n) is 6.00. The molecule has 2 N–H and O–H groups in total. The number of ether oxygens (including phenoxy) is 2. The van der Waals surface area contributed by atoms with Crippen molar-refractivity contribution >= 4 is 5.91 Å². The van der Waals surface area contributed by atoms with Gasteiger partial charge in [0.05, 0.1) is 6.61 Å². The van der Waals surface area contributed by atoms with Crippen molar-refractivity contribution in [3.05, 3.63) is 59.2 Å². The Bertz CT molecular complexity index is 795. The summed E-state index contributed by atoms with van der Waals surface area (Å²) in [6, 6.07) is 12.0. The highest BCUT2D eigenvalue weighted by molar-refractivity contribution is 5.94. The molecular weight excluding hydrogens is 373 g/mol. The quantitative estimate of drug-likeness (QED) is 0.679. The Morgan fingerprint density at radius 1 is 1.00 bits per heavy atom. The maximum absolute atomic E-state index is 12.4. The maximum Gasteiger partial charge on any atom is 0.422 e. The molecule has 0 heterocycles. The second kappa shape index (κ2) is 9.98. The normalized spacial score (nSPS) is 11.2. The van der Waals surface area contributed by atoms with Crippen LogP contribution in [-0.2, 0) is 13.1 Å². The number of amides is 1. The average Bonchev–Trinajstić information content (AvgIpc) is 2.66. The first-order chi connectivity index (χ1) is 13.3. The van der Waals surface area contributed by atoms with Crippen molar-refractivity contribution in [2.24, 2.45) is 0 Å².